The summed E-state index contributed by atoms with van der Waals surface area (Å²) in [5, 5.41) is 11.8. The molecule has 5 nitrogen and oxygen atoms in total. The van der Waals surface area contributed by atoms with E-state index >= 15 is 0 Å². The van der Waals surface area contributed by atoms with Crippen molar-refractivity contribution in [3.63, 3.8) is 0 Å². The van der Waals surface area contributed by atoms with Crippen molar-refractivity contribution in [3.05, 3.63) is 59.2 Å². The number of carbonyl (C=O) groups excluding carboxylic acids is 2. The normalized spacial score (nSPS) is 13.1. The molecular formula is C21H21N3O2. The molecular weight excluding hydrogens is 326 g/mol. The van der Waals surface area contributed by atoms with Crippen molar-refractivity contribution >= 4 is 23.2 Å². The maximum Gasteiger partial charge on any atom is 0.255 e. The second-order valence-electron chi connectivity index (χ2n) is 6.74. The Morgan fingerprint density at radius 3 is 2.73 bits per heavy atom. The lowest BCUT2D eigenvalue weighted by atomic mass is 9.99. The van der Waals surface area contributed by atoms with E-state index in [1.165, 1.54) is 0 Å². The van der Waals surface area contributed by atoms with Crippen molar-refractivity contribution in [2.75, 3.05) is 16.8 Å². The molecule has 0 spiro atoms. The molecule has 2 aromatic carbocycles. The van der Waals surface area contributed by atoms with Gasteiger partial charge in [-0.3, -0.25) is 9.59 Å². The van der Waals surface area contributed by atoms with E-state index in [2.05, 4.69) is 5.32 Å². The molecule has 0 bridgehead atoms. The van der Waals surface area contributed by atoms with Gasteiger partial charge in [-0.25, -0.2) is 0 Å². The Labute approximate surface area is 153 Å². The molecule has 1 heterocycles. The molecule has 0 radical (unpaired) electrons. The zero-order chi connectivity index (χ0) is 18.7. The van der Waals surface area contributed by atoms with Gasteiger partial charge in [0.1, 0.15) is 0 Å². The quantitative estimate of drug-likeness (QED) is 0.919. The maximum absolute atomic E-state index is 12.5. The molecule has 2 aromatic rings. The van der Waals surface area contributed by atoms with Crippen LogP contribution in [0.5, 0.6) is 0 Å². The number of fused-ring (bicyclic) bond motifs is 1. The SMILES string of the molecule is CC(C)C(=O)N1CCCc2ccc(NC(=O)c3cccc(C#N)c3)cc21. The van der Waals surface area contributed by atoms with Gasteiger partial charge >= 0.3 is 0 Å². The molecule has 0 unspecified atom stereocenters. The Balaban J connectivity index is 1.86. The first-order chi connectivity index (χ1) is 12.5. The Hall–Kier alpha value is -3.13. The largest absolute Gasteiger partial charge is 0.322 e. The van der Waals surface area contributed by atoms with E-state index in [-0.39, 0.29) is 17.7 Å². The van der Waals surface area contributed by atoms with Crippen molar-refractivity contribution < 1.29 is 9.59 Å². The minimum Gasteiger partial charge on any atom is -0.322 e. The average Bonchev–Trinajstić information content (AvgIpc) is 2.66. The molecule has 5 heteroatoms. The standard InChI is InChI=1S/C21H21N3O2/c1-14(2)21(26)24-10-4-7-16-8-9-18(12-19(16)24)23-20(25)17-6-3-5-15(11-17)13-22/h3,5-6,8-9,11-12,14H,4,7,10H2,1-2H3,(H,23,25). The highest BCUT2D eigenvalue weighted by Crippen LogP contribution is 2.31. The molecule has 1 aliphatic heterocycles. The number of aryl methyl sites for hydroxylation is 1. The van der Waals surface area contributed by atoms with Crippen LogP contribution in [0.2, 0.25) is 0 Å². The number of benzene rings is 2. The summed E-state index contributed by atoms with van der Waals surface area (Å²) in [6.07, 6.45) is 1.87. The number of nitriles is 1. The van der Waals surface area contributed by atoms with Gasteiger partial charge in [0, 0.05) is 29.4 Å². The summed E-state index contributed by atoms with van der Waals surface area (Å²) < 4.78 is 0. The van der Waals surface area contributed by atoms with Crippen molar-refractivity contribution in [2.45, 2.75) is 26.7 Å². The third-order valence-corrected chi connectivity index (χ3v) is 4.48. The molecule has 0 saturated heterocycles. The zero-order valence-corrected chi connectivity index (χ0v) is 15.0. The Morgan fingerprint density at radius 1 is 1.19 bits per heavy atom. The van der Waals surface area contributed by atoms with E-state index in [1.54, 1.807) is 24.3 Å². The summed E-state index contributed by atoms with van der Waals surface area (Å²) in [5.41, 5.74) is 3.50. The summed E-state index contributed by atoms with van der Waals surface area (Å²) >= 11 is 0. The number of nitrogens with zero attached hydrogens (tertiary/aromatic N) is 2. The molecule has 132 valence electrons. The molecule has 26 heavy (non-hydrogen) atoms. The number of carbonyl (C=O) groups is 2. The first-order valence-corrected chi connectivity index (χ1v) is 8.75. The van der Waals surface area contributed by atoms with Gasteiger partial charge in [0.05, 0.1) is 11.6 Å². The highest BCUT2D eigenvalue weighted by molar-refractivity contribution is 6.05. The van der Waals surface area contributed by atoms with Crippen LogP contribution in [-0.2, 0) is 11.2 Å². The predicted molar refractivity (Wildman–Crippen MR) is 101 cm³/mol. The minimum atomic E-state index is -0.278. The molecule has 3 rings (SSSR count). The summed E-state index contributed by atoms with van der Waals surface area (Å²) in [6.45, 7) is 4.49. The smallest absolute Gasteiger partial charge is 0.255 e. The van der Waals surface area contributed by atoms with E-state index in [1.807, 2.05) is 43.0 Å². The Bertz CT molecular complexity index is 896. The van der Waals surface area contributed by atoms with E-state index in [9.17, 15) is 9.59 Å². The van der Waals surface area contributed by atoms with Crippen LogP contribution >= 0.6 is 0 Å². The average molecular weight is 347 g/mol. The molecule has 0 fully saturated rings. The first-order valence-electron chi connectivity index (χ1n) is 8.75. The van der Waals surface area contributed by atoms with Crippen molar-refractivity contribution in [1.82, 2.24) is 0 Å². The highest BCUT2D eigenvalue weighted by Gasteiger charge is 2.24. The zero-order valence-electron chi connectivity index (χ0n) is 15.0. The number of amides is 2. The molecule has 0 atom stereocenters. The third kappa shape index (κ3) is 3.60. The number of rotatable bonds is 3. The van der Waals surface area contributed by atoms with Gasteiger partial charge in [-0.05, 0) is 48.7 Å². The highest BCUT2D eigenvalue weighted by atomic mass is 16.2. The van der Waals surface area contributed by atoms with E-state index in [4.69, 9.17) is 5.26 Å². The van der Waals surface area contributed by atoms with Crippen LogP contribution < -0.4 is 10.2 Å². The molecule has 1 aliphatic rings. The van der Waals surface area contributed by atoms with Crippen LogP contribution in [0.15, 0.2) is 42.5 Å². The topological polar surface area (TPSA) is 73.2 Å². The van der Waals surface area contributed by atoms with Crippen LogP contribution in [0.25, 0.3) is 0 Å². The fourth-order valence-corrected chi connectivity index (χ4v) is 3.13. The minimum absolute atomic E-state index is 0.0760. The number of nitrogens with one attached hydrogen (secondary N) is 1. The molecule has 1 N–H and O–H groups in total. The second kappa shape index (κ2) is 7.40. The number of hydrogen-bond donors (Lipinski definition) is 1. The third-order valence-electron chi connectivity index (χ3n) is 4.48. The van der Waals surface area contributed by atoms with Gasteiger partial charge in [0.15, 0.2) is 0 Å². The molecule has 0 aliphatic carbocycles. The summed E-state index contributed by atoms with van der Waals surface area (Å²) in [5.74, 6) is -0.260. The fraction of sp³-hybridized carbons (Fsp3) is 0.286. The Kier molecular flexibility index (Phi) is 5.04. The lowest BCUT2D eigenvalue weighted by molar-refractivity contribution is -0.121. The van der Waals surface area contributed by atoms with Crippen molar-refractivity contribution in [2.24, 2.45) is 5.92 Å². The number of anilines is 2. The van der Waals surface area contributed by atoms with Crippen LogP contribution in [0.1, 0.15) is 41.8 Å². The predicted octanol–water partition coefficient (Wildman–Crippen LogP) is 3.75. The van der Waals surface area contributed by atoms with Crippen molar-refractivity contribution in [1.29, 1.82) is 5.26 Å². The summed E-state index contributed by atoms with van der Waals surface area (Å²) in [7, 11) is 0. The lowest BCUT2D eigenvalue weighted by Gasteiger charge is -2.31. The van der Waals surface area contributed by atoms with Gasteiger partial charge < -0.3 is 10.2 Å². The van der Waals surface area contributed by atoms with Crippen molar-refractivity contribution in [3.8, 4) is 6.07 Å². The van der Waals surface area contributed by atoms with E-state index in [0.29, 0.717) is 23.4 Å². The molecule has 0 saturated carbocycles. The van der Waals surface area contributed by atoms with Crippen LogP contribution in [-0.4, -0.2) is 18.4 Å². The second-order valence-corrected chi connectivity index (χ2v) is 6.74. The molecule has 0 aromatic heterocycles. The van der Waals surface area contributed by atoms with Gasteiger partial charge in [-0.15, -0.1) is 0 Å². The fourth-order valence-electron chi connectivity index (χ4n) is 3.13. The monoisotopic (exact) mass is 347 g/mol. The number of hydrogen-bond acceptors (Lipinski definition) is 3. The van der Waals surface area contributed by atoms with E-state index in [0.717, 1.165) is 24.1 Å². The van der Waals surface area contributed by atoms with Gasteiger partial charge in [0.25, 0.3) is 5.91 Å². The lowest BCUT2D eigenvalue weighted by Crippen LogP contribution is -2.38. The maximum atomic E-state index is 12.5. The van der Waals surface area contributed by atoms with Crippen LogP contribution in [0, 0.1) is 17.2 Å². The van der Waals surface area contributed by atoms with Crippen LogP contribution in [0.3, 0.4) is 0 Å². The van der Waals surface area contributed by atoms with Gasteiger partial charge in [-0.1, -0.05) is 26.0 Å². The molecule has 2 amide bonds. The summed E-state index contributed by atoms with van der Waals surface area (Å²) in [4.78, 5) is 26.8. The summed E-state index contributed by atoms with van der Waals surface area (Å²) in [6, 6.07) is 14.3. The first kappa shape index (κ1) is 17.7. The van der Waals surface area contributed by atoms with E-state index < -0.39 is 0 Å². The van der Waals surface area contributed by atoms with Gasteiger partial charge in [0.2, 0.25) is 5.91 Å². The van der Waals surface area contributed by atoms with Crippen LogP contribution in [0.4, 0.5) is 11.4 Å². The Morgan fingerprint density at radius 2 is 2.00 bits per heavy atom. The van der Waals surface area contributed by atoms with Gasteiger partial charge in [-0.2, -0.15) is 5.26 Å².